The number of hydrogen-bond acceptors (Lipinski definition) is 6. The summed E-state index contributed by atoms with van der Waals surface area (Å²) in [5.74, 6) is 2.16. The van der Waals surface area contributed by atoms with E-state index in [1.807, 2.05) is 42.5 Å². The molecule has 3 heterocycles. The highest BCUT2D eigenvalue weighted by Gasteiger charge is 2.49. The number of amides is 1. The zero-order valence-corrected chi connectivity index (χ0v) is 17.4. The fourth-order valence-electron chi connectivity index (χ4n) is 4.50. The molecular formula is C24H24N4O3. The van der Waals surface area contributed by atoms with Gasteiger partial charge in [-0.15, -0.1) is 0 Å². The molecule has 0 radical (unpaired) electrons. The fourth-order valence-corrected chi connectivity index (χ4v) is 4.50. The molecule has 7 nitrogen and oxygen atoms in total. The van der Waals surface area contributed by atoms with Crippen LogP contribution in [-0.4, -0.2) is 36.1 Å². The van der Waals surface area contributed by atoms with Crippen molar-refractivity contribution in [1.29, 1.82) is 0 Å². The Bertz CT molecular complexity index is 1080. The molecule has 0 unspecified atom stereocenters. The molecule has 0 bridgehead atoms. The largest absolute Gasteiger partial charge is 0.493 e. The number of carbonyl (C=O) groups excluding carboxylic acids is 1. The van der Waals surface area contributed by atoms with Crippen LogP contribution in [0.15, 0.2) is 61.1 Å². The van der Waals surface area contributed by atoms with Gasteiger partial charge in [-0.2, -0.15) is 0 Å². The summed E-state index contributed by atoms with van der Waals surface area (Å²) >= 11 is 0. The summed E-state index contributed by atoms with van der Waals surface area (Å²) in [5, 5.41) is 3.08. The topological polar surface area (TPSA) is 76.6 Å². The van der Waals surface area contributed by atoms with Crippen molar-refractivity contribution in [3.63, 3.8) is 0 Å². The SMILES string of the molecule is COc1cc2c(cc1OCc1ccccc1)NC(=O)C21CCN(c2cnccn2)CC1. The van der Waals surface area contributed by atoms with E-state index in [1.165, 1.54) is 0 Å². The quantitative estimate of drug-likeness (QED) is 0.686. The summed E-state index contributed by atoms with van der Waals surface area (Å²) in [6.07, 6.45) is 6.53. The van der Waals surface area contributed by atoms with Gasteiger partial charge in [0.1, 0.15) is 12.4 Å². The molecule has 1 saturated heterocycles. The molecule has 7 heteroatoms. The number of rotatable bonds is 5. The third-order valence-electron chi connectivity index (χ3n) is 6.23. The molecule has 0 aliphatic carbocycles. The number of piperidine rings is 1. The molecule has 158 valence electrons. The van der Waals surface area contributed by atoms with Crippen molar-refractivity contribution in [2.75, 3.05) is 30.4 Å². The van der Waals surface area contributed by atoms with E-state index >= 15 is 0 Å². The third kappa shape index (κ3) is 3.46. The van der Waals surface area contributed by atoms with Gasteiger partial charge in [0, 0.05) is 37.2 Å². The van der Waals surface area contributed by atoms with Gasteiger partial charge in [-0.1, -0.05) is 30.3 Å². The maximum Gasteiger partial charge on any atom is 0.235 e. The Morgan fingerprint density at radius 1 is 1.10 bits per heavy atom. The Balaban J connectivity index is 1.39. The van der Waals surface area contributed by atoms with Crippen LogP contribution < -0.4 is 19.7 Å². The van der Waals surface area contributed by atoms with E-state index < -0.39 is 5.41 Å². The van der Waals surface area contributed by atoms with Crippen molar-refractivity contribution in [3.05, 3.63) is 72.2 Å². The van der Waals surface area contributed by atoms with Gasteiger partial charge in [-0.25, -0.2) is 4.98 Å². The van der Waals surface area contributed by atoms with Crippen LogP contribution in [0.1, 0.15) is 24.0 Å². The summed E-state index contributed by atoms with van der Waals surface area (Å²) < 4.78 is 11.7. The summed E-state index contributed by atoms with van der Waals surface area (Å²) in [5.41, 5.74) is 2.31. The van der Waals surface area contributed by atoms with Crippen molar-refractivity contribution < 1.29 is 14.3 Å². The van der Waals surface area contributed by atoms with E-state index in [-0.39, 0.29) is 5.91 Å². The second kappa shape index (κ2) is 7.91. The van der Waals surface area contributed by atoms with Crippen LogP contribution >= 0.6 is 0 Å². The van der Waals surface area contributed by atoms with Gasteiger partial charge < -0.3 is 19.7 Å². The van der Waals surface area contributed by atoms with Crippen LogP contribution in [0, 0.1) is 0 Å². The number of anilines is 2. The highest BCUT2D eigenvalue weighted by atomic mass is 16.5. The van der Waals surface area contributed by atoms with Crippen LogP contribution in [-0.2, 0) is 16.8 Å². The maximum absolute atomic E-state index is 13.1. The fraction of sp³-hybridized carbons (Fsp3) is 0.292. The van der Waals surface area contributed by atoms with Crippen LogP contribution in [0.5, 0.6) is 11.5 Å². The molecule has 1 N–H and O–H groups in total. The number of nitrogens with one attached hydrogen (secondary N) is 1. The lowest BCUT2D eigenvalue weighted by atomic mass is 9.73. The van der Waals surface area contributed by atoms with E-state index in [0.717, 1.165) is 35.7 Å². The smallest absolute Gasteiger partial charge is 0.235 e. The Morgan fingerprint density at radius 3 is 2.61 bits per heavy atom. The highest BCUT2D eigenvalue weighted by Crippen LogP contribution is 2.49. The minimum atomic E-state index is -0.556. The zero-order chi connectivity index (χ0) is 21.3. The van der Waals surface area contributed by atoms with Gasteiger partial charge in [0.05, 0.1) is 18.7 Å². The monoisotopic (exact) mass is 416 g/mol. The molecule has 2 aliphatic rings. The molecule has 3 aromatic rings. The number of carbonyl (C=O) groups is 1. The van der Waals surface area contributed by atoms with E-state index in [2.05, 4.69) is 20.2 Å². The molecule has 31 heavy (non-hydrogen) atoms. The first kappa shape index (κ1) is 19.4. The molecule has 0 atom stereocenters. The summed E-state index contributed by atoms with van der Waals surface area (Å²) in [6, 6.07) is 13.8. The van der Waals surface area contributed by atoms with Crippen molar-refractivity contribution >= 4 is 17.4 Å². The number of aromatic nitrogens is 2. The van der Waals surface area contributed by atoms with Gasteiger partial charge in [0.15, 0.2) is 11.5 Å². The van der Waals surface area contributed by atoms with Gasteiger partial charge in [-0.3, -0.25) is 9.78 Å². The first-order valence-corrected chi connectivity index (χ1v) is 10.4. The molecule has 1 spiro atoms. The Labute approximate surface area is 181 Å². The van der Waals surface area contributed by atoms with E-state index in [0.29, 0.717) is 30.9 Å². The van der Waals surface area contributed by atoms with Gasteiger partial charge >= 0.3 is 0 Å². The highest BCUT2D eigenvalue weighted by molar-refractivity contribution is 6.07. The number of ether oxygens (including phenoxy) is 2. The van der Waals surface area contributed by atoms with E-state index in [9.17, 15) is 4.79 Å². The third-order valence-corrected chi connectivity index (χ3v) is 6.23. The standard InChI is InChI=1S/C24H24N4O3/c1-30-20-13-18-19(14-21(20)31-16-17-5-3-2-4-6-17)27-23(29)24(18)7-11-28(12-8-24)22-15-25-9-10-26-22/h2-6,9-10,13-15H,7-8,11-12,16H2,1H3,(H,27,29). The normalized spacial score (nSPS) is 16.7. The van der Waals surface area contributed by atoms with E-state index in [4.69, 9.17) is 9.47 Å². The van der Waals surface area contributed by atoms with Crippen molar-refractivity contribution in [3.8, 4) is 11.5 Å². The number of fused-ring (bicyclic) bond motifs is 2. The summed E-state index contributed by atoms with van der Waals surface area (Å²) in [4.78, 5) is 23.8. The van der Waals surface area contributed by atoms with Crippen LogP contribution in [0.4, 0.5) is 11.5 Å². The van der Waals surface area contributed by atoms with Crippen LogP contribution in [0.25, 0.3) is 0 Å². The average Bonchev–Trinajstić information content (AvgIpc) is 3.08. The van der Waals surface area contributed by atoms with Crippen molar-refractivity contribution in [2.24, 2.45) is 0 Å². The van der Waals surface area contributed by atoms with Crippen molar-refractivity contribution in [1.82, 2.24) is 9.97 Å². The zero-order valence-electron chi connectivity index (χ0n) is 17.4. The number of nitrogens with zero attached hydrogens (tertiary/aromatic N) is 3. The van der Waals surface area contributed by atoms with Crippen LogP contribution in [0.2, 0.25) is 0 Å². The van der Waals surface area contributed by atoms with Gasteiger partial charge in [-0.05, 0) is 30.0 Å². The minimum absolute atomic E-state index is 0.0450. The first-order valence-electron chi connectivity index (χ1n) is 10.4. The lowest BCUT2D eigenvalue weighted by molar-refractivity contribution is -0.121. The van der Waals surface area contributed by atoms with Crippen LogP contribution in [0.3, 0.4) is 0 Å². The molecular weight excluding hydrogens is 392 g/mol. The second-order valence-electron chi connectivity index (χ2n) is 7.91. The molecule has 2 aliphatic heterocycles. The minimum Gasteiger partial charge on any atom is -0.493 e. The number of hydrogen-bond donors (Lipinski definition) is 1. The first-order chi connectivity index (χ1) is 15.2. The molecule has 2 aromatic carbocycles. The number of methoxy groups -OCH3 is 1. The van der Waals surface area contributed by atoms with Gasteiger partial charge in [0.2, 0.25) is 5.91 Å². The lowest BCUT2D eigenvalue weighted by Crippen LogP contribution is -2.46. The maximum atomic E-state index is 13.1. The Morgan fingerprint density at radius 2 is 1.90 bits per heavy atom. The molecule has 5 rings (SSSR count). The Kier molecular flexibility index (Phi) is 4.94. The molecule has 0 saturated carbocycles. The molecule has 1 aromatic heterocycles. The average molecular weight is 416 g/mol. The second-order valence-corrected chi connectivity index (χ2v) is 7.91. The molecule has 1 amide bonds. The van der Waals surface area contributed by atoms with E-state index in [1.54, 1.807) is 25.7 Å². The summed E-state index contributed by atoms with van der Waals surface area (Å²) in [6.45, 7) is 1.91. The van der Waals surface area contributed by atoms with Crippen molar-refractivity contribution in [2.45, 2.75) is 24.9 Å². The van der Waals surface area contributed by atoms with Gasteiger partial charge in [0.25, 0.3) is 0 Å². The number of benzene rings is 2. The Hall–Kier alpha value is -3.61. The molecule has 1 fully saturated rings. The summed E-state index contributed by atoms with van der Waals surface area (Å²) in [7, 11) is 1.63. The predicted octanol–water partition coefficient (Wildman–Crippen LogP) is 3.55. The predicted molar refractivity (Wildman–Crippen MR) is 118 cm³/mol. The lowest BCUT2D eigenvalue weighted by Gasteiger charge is -2.38.